The van der Waals surface area contributed by atoms with Gasteiger partial charge in [0, 0.05) is 32.2 Å². The molecule has 2 rings (SSSR count). The smallest absolute Gasteiger partial charge is 0.317 e. The number of likely N-dealkylation sites (tertiary alicyclic amines) is 1. The molecule has 1 N–H and O–H groups in total. The highest BCUT2D eigenvalue weighted by atomic mass is 16.2. The first-order valence-corrected chi connectivity index (χ1v) is 7.88. The molecule has 22 heavy (non-hydrogen) atoms. The minimum Gasteiger partial charge on any atom is -0.334 e. The van der Waals surface area contributed by atoms with Crippen LogP contribution in [0.25, 0.3) is 0 Å². The molecular weight excluding hydrogens is 276 g/mol. The Morgan fingerprint density at radius 2 is 1.91 bits per heavy atom. The third-order valence-electron chi connectivity index (χ3n) is 4.22. The lowest BCUT2D eigenvalue weighted by Crippen LogP contribution is -2.40. The van der Waals surface area contributed by atoms with Gasteiger partial charge in [-0.2, -0.15) is 0 Å². The number of carbonyl (C=O) groups is 1. The Morgan fingerprint density at radius 1 is 1.23 bits per heavy atom. The summed E-state index contributed by atoms with van der Waals surface area (Å²) >= 11 is 0. The van der Waals surface area contributed by atoms with E-state index in [0.29, 0.717) is 12.6 Å². The summed E-state index contributed by atoms with van der Waals surface area (Å²) in [6.45, 7) is 3.14. The summed E-state index contributed by atoms with van der Waals surface area (Å²) in [4.78, 5) is 18.6. The van der Waals surface area contributed by atoms with E-state index in [1.807, 2.05) is 17.0 Å². The Balaban J connectivity index is 1.89. The van der Waals surface area contributed by atoms with E-state index in [1.165, 1.54) is 11.1 Å². The minimum absolute atomic E-state index is 0.0454. The number of amides is 2. The fourth-order valence-electron chi connectivity index (χ4n) is 2.86. The Labute approximate surface area is 133 Å². The molecular formula is C17H28N4O. The molecule has 1 atom stereocenters. The van der Waals surface area contributed by atoms with Gasteiger partial charge in [0.2, 0.25) is 0 Å². The van der Waals surface area contributed by atoms with Crippen molar-refractivity contribution in [3.63, 3.8) is 0 Å². The van der Waals surface area contributed by atoms with E-state index in [2.05, 4.69) is 55.4 Å². The normalized spacial score (nSPS) is 18.3. The molecule has 1 aliphatic heterocycles. The van der Waals surface area contributed by atoms with Crippen molar-refractivity contribution in [1.82, 2.24) is 20.0 Å². The van der Waals surface area contributed by atoms with Gasteiger partial charge in [0.05, 0.1) is 0 Å². The molecule has 1 saturated heterocycles. The van der Waals surface area contributed by atoms with E-state index in [0.717, 1.165) is 26.1 Å². The van der Waals surface area contributed by atoms with Crippen LogP contribution in [0.5, 0.6) is 0 Å². The van der Waals surface area contributed by atoms with Crippen LogP contribution in [-0.4, -0.2) is 68.1 Å². The van der Waals surface area contributed by atoms with Crippen molar-refractivity contribution in [1.29, 1.82) is 0 Å². The lowest BCUT2D eigenvalue weighted by Gasteiger charge is -2.21. The van der Waals surface area contributed by atoms with E-state index < -0.39 is 0 Å². The summed E-state index contributed by atoms with van der Waals surface area (Å²) in [6.07, 6.45) is 1.05. The Bertz CT molecular complexity index is 501. The minimum atomic E-state index is 0.0454. The van der Waals surface area contributed by atoms with Gasteiger partial charge in [0.15, 0.2) is 0 Å². The van der Waals surface area contributed by atoms with E-state index in [1.54, 1.807) is 0 Å². The molecule has 122 valence electrons. The Kier molecular flexibility index (Phi) is 5.80. The Morgan fingerprint density at radius 3 is 2.50 bits per heavy atom. The van der Waals surface area contributed by atoms with Gasteiger partial charge < -0.3 is 20.0 Å². The average molecular weight is 304 g/mol. The van der Waals surface area contributed by atoms with Crippen LogP contribution in [-0.2, 0) is 13.1 Å². The van der Waals surface area contributed by atoms with Crippen LogP contribution >= 0.6 is 0 Å². The number of hydrogen-bond donors (Lipinski definition) is 1. The van der Waals surface area contributed by atoms with Crippen molar-refractivity contribution in [2.45, 2.75) is 25.6 Å². The number of urea groups is 1. The van der Waals surface area contributed by atoms with Gasteiger partial charge in [-0.3, -0.25) is 0 Å². The van der Waals surface area contributed by atoms with Crippen molar-refractivity contribution in [3.05, 3.63) is 35.4 Å². The van der Waals surface area contributed by atoms with Crippen molar-refractivity contribution in [3.8, 4) is 0 Å². The van der Waals surface area contributed by atoms with Crippen molar-refractivity contribution in [2.75, 3.05) is 41.3 Å². The number of hydrogen-bond acceptors (Lipinski definition) is 3. The number of carbonyl (C=O) groups excluding carboxylic acids is 1. The third-order valence-corrected chi connectivity index (χ3v) is 4.22. The van der Waals surface area contributed by atoms with Crippen LogP contribution in [0.15, 0.2) is 24.3 Å². The molecule has 0 saturated carbocycles. The van der Waals surface area contributed by atoms with Crippen LogP contribution in [0, 0.1) is 0 Å². The number of nitrogens with zero attached hydrogens (tertiary/aromatic N) is 3. The monoisotopic (exact) mass is 304 g/mol. The SMILES string of the molecule is CN(C)Cc1ccccc1CNC(=O)N1CC[C@@H](N(C)C)C1. The van der Waals surface area contributed by atoms with Gasteiger partial charge in [-0.15, -0.1) is 0 Å². The average Bonchev–Trinajstić information content (AvgIpc) is 2.95. The Hall–Kier alpha value is -1.59. The van der Waals surface area contributed by atoms with Crippen LogP contribution in [0.1, 0.15) is 17.5 Å². The maximum atomic E-state index is 12.3. The van der Waals surface area contributed by atoms with Gasteiger partial charge in [-0.1, -0.05) is 24.3 Å². The second-order valence-electron chi connectivity index (χ2n) is 6.52. The molecule has 1 fully saturated rings. The van der Waals surface area contributed by atoms with Gasteiger partial charge in [-0.05, 0) is 45.7 Å². The molecule has 5 heteroatoms. The number of likely N-dealkylation sites (N-methyl/N-ethyl adjacent to an activating group) is 1. The predicted octanol–water partition coefficient (Wildman–Crippen LogP) is 1.59. The molecule has 2 amide bonds. The van der Waals surface area contributed by atoms with Gasteiger partial charge in [0.1, 0.15) is 0 Å². The molecule has 0 bridgehead atoms. The largest absolute Gasteiger partial charge is 0.334 e. The molecule has 1 aromatic carbocycles. The molecule has 0 spiro atoms. The molecule has 1 heterocycles. The maximum absolute atomic E-state index is 12.3. The predicted molar refractivity (Wildman–Crippen MR) is 89.7 cm³/mol. The fraction of sp³-hybridized carbons (Fsp3) is 0.588. The zero-order chi connectivity index (χ0) is 16.1. The zero-order valence-electron chi connectivity index (χ0n) is 14.2. The molecule has 0 aliphatic carbocycles. The topological polar surface area (TPSA) is 38.8 Å². The van der Waals surface area contributed by atoms with Crippen LogP contribution in [0.3, 0.4) is 0 Å². The molecule has 0 unspecified atom stereocenters. The second-order valence-corrected chi connectivity index (χ2v) is 6.52. The van der Waals surface area contributed by atoms with Crippen molar-refractivity contribution in [2.24, 2.45) is 0 Å². The third kappa shape index (κ3) is 4.45. The van der Waals surface area contributed by atoms with Gasteiger partial charge in [0.25, 0.3) is 0 Å². The van der Waals surface area contributed by atoms with Crippen LogP contribution < -0.4 is 5.32 Å². The lowest BCUT2D eigenvalue weighted by molar-refractivity contribution is 0.203. The first-order chi connectivity index (χ1) is 10.5. The molecule has 5 nitrogen and oxygen atoms in total. The second kappa shape index (κ2) is 7.61. The highest BCUT2D eigenvalue weighted by molar-refractivity contribution is 5.74. The summed E-state index contributed by atoms with van der Waals surface area (Å²) in [5.41, 5.74) is 2.45. The van der Waals surface area contributed by atoms with Crippen LogP contribution in [0.2, 0.25) is 0 Å². The highest BCUT2D eigenvalue weighted by Crippen LogP contribution is 2.14. The van der Waals surface area contributed by atoms with Crippen LogP contribution in [0.4, 0.5) is 4.79 Å². The summed E-state index contributed by atoms with van der Waals surface area (Å²) < 4.78 is 0. The summed E-state index contributed by atoms with van der Waals surface area (Å²) in [7, 11) is 8.26. The van der Waals surface area contributed by atoms with Crippen molar-refractivity contribution >= 4 is 6.03 Å². The number of benzene rings is 1. The molecule has 0 aromatic heterocycles. The van der Waals surface area contributed by atoms with E-state index in [4.69, 9.17) is 0 Å². The molecule has 0 radical (unpaired) electrons. The van der Waals surface area contributed by atoms with Gasteiger partial charge >= 0.3 is 6.03 Å². The van der Waals surface area contributed by atoms with E-state index in [9.17, 15) is 4.79 Å². The first kappa shape index (κ1) is 16.8. The maximum Gasteiger partial charge on any atom is 0.317 e. The van der Waals surface area contributed by atoms with E-state index in [-0.39, 0.29) is 6.03 Å². The summed E-state index contributed by atoms with van der Waals surface area (Å²) in [5, 5.41) is 3.06. The lowest BCUT2D eigenvalue weighted by atomic mass is 10.1. The highest BCUT2D eigenvalue weighted by Gasteiger charge is 2.27. The summed E-state index contributed by atoms with van der Waals surface area (Å²) in [5.74, 6) is 0. The van der Waals surface area contributed by atoms with E-state index >= 15 is 0 Å². The quantitative estimate of drug-likeness (QED) is 0.898. The van der Waals surface area contributed by atoms with Crippen molar-refractivity contribution < 1.29 is 4.79 Å². The number of nitrogens with one attached hydrogen (secondary N) is 1. The standard InChI is InChI=1S/C17H28N4O/c1-19(2)12-15-8-6-5-7-14(15)11-18-17(22)21-10-9-16(13-21)20(3)4/h5-8,16H,9-13H2,1-4H3,(H,18,22)/t16-/m1/s1. The first-order valence-electron chi connectivity index (χ1n) is 7.88. The zero-order valence-corrected chi connectivity index (χ0v) is 14.2. The number of rotatable bonds is 5. The fourth-order valence-corrected chi connectivity index (χ4v) is 2.86. The molecule has 1 aromatic rings. The summed E-state index contributed by atoms with van der Waals surface area (Å²) in [6, 6.07) is 8.81. The van der Waals surface area contributed by atoms with Gasteiger partial charge in [-0.25, -0.2) is 4.79 Å². The molecule has 1 aliphatic rings.